The summed E-state index contributed by atoms with van der Waals surface area (Å²) >= 11 is 0. The highest BCUT2D eigenvalue weighted by atomic mass is 16.6. The number of phenols is 1. The van der Waals surface area contributed by atoms with E-state index in [2.05, 4.69) is 0 Å². The summed E-state index contributed by atoms with van der Waals surface area (Å²) < 4.78 is 15.0. The fourth-order valence-corrected chi connectivity index (χ4v) is 1.52. The molecule has 0 fully saturated rings. The number of rotatable bonds is 9. The molecule has 0 aliphatic rings. The number of hydrogen-bond donors (Lipinski definition) is 2. The van der Waals surface area contributed by atoms with Crippen LogP contribution >= 0.6 is 0 Å². The van der Waals surface area contributed by atoms with Crippen LogP contribution < -0.4 is 5.73 Å². The summed E-state index contributed by atoms with van der Waals surface area (Å²) in [6.45, 7) is 1.47. The van der Waals surface area contributed by atoms with E-state index in [0.29, 0.717) is 26.2 Å². The Hall–Kier alpha value is -1.63. The maximum absolute atomic E-state index is 11.6. The highest BCUT2D eigenvalue weighted by Crippen LogP contribution is 2.11. The third-order valence-electron chi connectivity index (χ3n) is 2.60. The van der Waals surface area contributed by atoms with Crippen LogP contribution in [0.4, 0.5) is 0 Å². The summed E-state index contributed by atoms with van der Waals surface area (Å²) in [6.07, 6.45) is 0.365. The Bertz CT molecular complexity index is 393. The van der Waals surface area contributed by atoms with Crippen molar-refractivity contribution in [3.63, 3.8) is 0 Å². The van der Waals surface area contributed by atoms with E-state index in [1.807, 2.05) is 0 Å². The van der Waals surface area contributed by atoms with Gasteiger partial charge < -0.3 is 25.1 Å². The first-order chi connectivity index (χ1) is 9.63. The van der Waals surface area contributed by atoms with Gasteiger partial charge in [-0.05, 0) is 24.1 Å². The first kappa shape index (κ1) is 16.4. The van der Waals surface area contributed by atoms with E-state index < -0.39 is 12.0 Å². The number of ether oxygens (including phenoxy) is 3. The Morgan fingerprint density at radius 1 is 1.20 bits per heavy atom. The Morgan fingerprint density at radius 2 is 1.85 bits per heavy atom. The average Bonchev–Trinajstić information content (AvgIpc) is 2.45. The van der Waals surface area contributed by atoms with Crippen LogP contribution in [0.3, 0.4) is 0 Å². The summed E-state index contributed by atoms with van der Waals surface area (Å²) in [5.74, 6) is -0.286. The van der Waals surface area contributed by atoms with Crippen molar-refractivity contribution in [2.75, 3.05) is 33.5 Å². The second-order valence-corrected chi connectivity index (χ2v) is 4.25. The first-order valence-electron chi connectivity index (χ1n) is 6.40. The van der Waals surface area contributed by atoms with E-state index in [4.69, 9.17) is 25.1 Å². The molecule has 1 aromatic carbocycles. The second kappa shape index (κ2) is 9.30. The van der Waals surface area contributed by atoms with Crippen LogP contribution in [-0.4, -0.2) is 50.7 Å². The van der Waals surface area contributed by atoms with E-state index in [1.54, 1.807) is 31.4 Å². The summed E-state index contributed by atoms with van der Waals surface area (Å²) in [4.78, 5) is 11.6. The number of hydrogen-bond acceptors (Lipinski definition) is 6. The lowest BCUT2D eigenvalue weighted by Gasteiger charge is -2.12. The van der Waals surface area contributed by atoms with Crippen LogP contribution in [0.2, 0.25) is 0 Å². The third kappa shape index (κ3) is 6.51. The molecule has 6 heteroatoms. The topological polar surface area (TPSA) is 91.0 Å². The molecular weight excluding hydrogens is 262 g/mol. The van der Waals surface area contributed by atoms with E-state index in [1.165, 1.54) is 0 Å². The van der Waals surface area contributed by atoms with Gasteiger partial charge in [0, 0.05) is 7.11 Å². The zero-order chi connectivity index (χ0) is 14.8. The van der Waals surface area contributed by atoms with E-state index >= 15 is 0 Å². The molecule has 0 unspecified atom stereocenters. The molecule has 1 aromatic rings. The van der Waals surface area contributed by atoms with Gasteiger partial charge in [-0.3, -0.25) is 4.79 Å². The number of aromatic hydroxyl groups is 1. The molecule has 0 aromatic heterocycles. The van der Waals surface area contributed by atoms with Gasteiger partial charge in [-0.25, -0.2) is 0 Å². The highest BCUT2D eigenvalue weighted by Gasteiger charge is 2.15. The summed E-state index contributed by atoms with van der Waals surface area (Å²) in [7, 11) is 1.59. The van der Waals surface area contributed by atoms with Crippen molar-refractivity contribution in [1.82, 2.24) is 0 Å². The number of carbonyl (C=O) groups is 1. The number of benzene rings is 1. The first-order valence-corrected chi connectivity index (χ1v) is 6.40. The molecule has 6 nitrogen and oxygen atoms in total. The van der Waals surface area contributed by atoms with Crippen molar-refractivity contribution in [1.29, 1.82) is 0 Å². The van der Waals surface area contributed by atoms with Gasteiger partial charge in [0.2, 0.25) is 0 Å². The predicted molar refractivity (Wildman–Crippen MR) is 73.4 cm³/mol. The molecule has 20 heavy (non-hydrogen) atoms. The number of esters is 1. The lowest BCUT2D eigenvalue weighted by Crippen LogP contribution is -2.35. The summed E-state index contributed by atoms with van der Waals surface area (Å²) in [6, 6.07) is 5.82. The van der Waals surface area contributed by atoms with Gasteiger partial charge in [-0.2, -0.15) is 0 Å². The van der Waals surface area contributed by atoms with Gasteiger partial charge in [0.25, 0.3) is 0 Å². The maximum atomic E-state index is 11.6. The van der Waals surface area contributed by atoms with Crippen LogP contribution in [0.25, 0.3) is 0 Å². The monoisotopic (exact) mass is 283 g/mol. The van der Waals surface area contributed by atoms with Crippen LogP contribution in [0.1, 0.15) is 5.56 Å². The van der Waals surface area contributed by atoms with Crippen molar-refractivity contribution in [2.45, 2.75) is 12.5 Å². The molecule has 112 valence electrons. The van der Waals surface area contributed by atoms with Crippen molar-refractivity contribution in [3.8, 4) is 5.75 Å². The third-order valence-corrected chi connectivity index (χ3v) is 2.60. The molecule has 0 spiro atoms. The molecule has 1 rings (SSSR count). The van der Waals surface area contributed by atoms with Crippen molar-refractivity contribution >= 4 is 5.97 Å². The van der Waals surface area contributed by atoms with Gasteiger partial charge in [-0.15, -0.1) is 0 Å². The van der Waals surface area contributed by atoms with Crippen LogP contribution in [0.5, 0.6) is 5.75 Å². The molecule has 0 aliphatic heterocycles. The highest BCUT2D eigenvalue weighted by molar-refractivity contribution is 5.75. The van der Waals surface area contributed by atoms with Crippen molar-refractivity contribution < 1.29 is 24.1 Å². The molecule has 1 atom stereocenters. The fraction of sp³-hybridized carbons (Fsp3) is 0.500. The summed E-state index contributed by atoms with van der Waals surface area (Å²) in [5.41, 5.74) is 6.62. The molecule has 0 amide bonds. The van der Waals surface area contributed by atoms with E-state index in [0.717, 1.165) is 5.56 Å². The normalized spacial score (nSPS) is 12.1. The van der Waals surface area contributed by atoms with E-state index in [-0.39, 0.29) is 12.4 Å². The molecule has 0 heterocycles. The lowest BCUT2D eigenvalue weighted by atomic mass is 10.1. The number of methoxy groups -OCH3 is 1. The molecular formula is C14H21NO5. The molecule has 0 radical (unpaired) electrons. The minimum absolute atomic E-state index is 0.172. The number of carbonyl (C=O) groups excluding carboxylic acids is 1. The molecule has 3 N–H and O–H groups in total. The van der Waals surface area contributed by atoms with Crippen LogP contribution in [-0.2, 0) is 25.4 Å². The quantitative estimate of drug-likeness (QED) is 0.505. The Balaban J connectivity index is 2.20. The zero-order valence-electron chi connectivity index (χ0n) is 11.6. The standard InChI is InChI=1S/C14H21NO5/c1-18-6-7-19-8-9-20-14(17)13(15)10-11-2-4-12(16)5-3-11/h2-5,13,16H,6-10,15H2,1H3/t13-/m1/s1. The van der Waals surface area contributed by atoms with Crippen LogP contribution in [0, 0.1) is 0 Å². The molecule has 0 aliphatic carbocycles. The van der Waals surface area contributed by atoms with Gasteiger partial charge in [-0.1, -0.05) is 12.1 Å². The van der Waals surface area contributed by atoms with Gasteiger partial charge in [0.1, 0.15) is 18.4 Å². The largest absolute Gasteiger partial charge is 0.508 e. The Kier molecular flexibility index (Phi) is 7.64. The smallest absolute Gasteiger partial charge is 0.323 e. The van der Waals surface area contributed by atoms with Gasteiger partial charge in [0.05, 0.1) is 19.8 Å². The number of nitrogens with two attached hydrogens (primary N) is 1. The van der Waals surface area contributed by atoms with Gasteiger partial charge >= 0.3 is 5.97 Å². The molecule has 0 saturated heterocycles. The fourth-order valence-electron chi connectivity index (χ4n) is 1.52. The Morgan fingerprint density at radius 3 is 2.50 bits per heavy atom. The van der Waals surface area contributed by atoms with Crippen molar-refractivity contribution in [2.24, 2.45) is 5.73 Å². The van der Waals surface area contributed by atoms with E-state index in [9.17, 15) is 4.79 Å². The predicted octanol–water partition coefficient (Wildman–Crippen LogP) is 0.468. The minimum atomic E-state index is -0.724. The molecule has 0 bridgehead atoms. The Labute approximate surface area is 118 Å². The van der Waals surface area contributed by atoms with Gasteiger partial charge in [0.15, 0.2) is 0 Å². The SMILES string of the molecule is COCCOCCOC(=O)[C@H](N)Cc1ccc(O)cc1. The minimum Gasteiger partial charge on any atom is -0.508 e. The maximum Gasteiger partial charge on any atom is 0.323 e. The average molecular weight is 283 g/mol. The zero-order valence-corrected chi connectivity index (χ0v) is 11.6. The molecule has 0 saturated carbocycles. The van der Waals surface area contributed by atoms with Crippen LogP contribution in [0.15, 0.2) is 24.3 Å². The second-order valence-electron chi connectivity index (χ2n) is 4.25. The lowest BCUT2D eigenvalue weighted by molar-refractivity contribution is -0.146. The number of phenolic OH excluding ortho intramolecular Hbond substituents is 1. The van der Waals surface area contributed by atoms with Crippen molar-refractivity contribution in [3.05, 3.63) is 29.8 Å². The summed E-state index contributed by atoms with van der Waals surface area (Å²) in [5, 5.41) is 9.16.